The maximum atomic E-state index is 13.6. The van der Waals surface area contributed by atoms with E-state index in [1.807, 2.05) is 62.4 Å². The van der Waals surface area contributed by atoms with Crippen LogP contribution in [0.5, 0.6) is 17.2 Å². The van der Waals surface area contributed by atoms with Crippen molar-refractivity contribution < 1.29 is 23.4 Å². The van der Waals surface area contributed by atoms with E-state index in [-0.39, 0.29) is 23.5 Å². The van der Waals surface area contributed by atoms with Gasteiger partial charge in [0, 0.05) is 16.6 Å². The lowest BCUT2D eigenvalue weighted by molar-refractivity contribution is -0.118. The molecule has 0 unspecified atom stereocenters. The highest BCUT2D eigenvalue weighted by molar-refractivity contribution is 6.02. The number of aryl methyl sites for hydroxylation is 2. The quantitative estimate of drug-likeness (QED) is 0.278. The van der Waals surface area contributed by atoms with Crippen LogP contribution in [0.2, 0.25) is 0 Å². The predicted octanol–water partition coefficient (Wildman–Crippen LogP) is 6.26. The molecule has 0 saturated heterocycles. The molecule has 192 valence electrons. The first-order valence-electron chi connectivity index (χ1n) is 12.1. The fourth-order valence-electron chi connectivity index (χ4n) is 4.39. The lowest BCUT2D eigenvalue weighted by atomic mass is 10.0. The summed E-state index contributed by atoms with van der Waals surface area (Å²) in [4.78, 5) is 26.6. The number of nitrogens with one attached hydrogen (secondary N) is 1. The second-order valence-corrected chi connectivity index (χ2v) is 8.96. The zero-order chi connectivity index (χ0) is 26.8. The third-order valence-electron chi connectivity index (χ3n) is 6.52. The van der Waals surface area contributed by atoms with Crippen molar-refractivity contribution in [3.8, 4) is 28.6 Å². The number of ether oxygens (including phenoxy) is 3. The van der Waals surface area contributed by atoms with Gasteiger partial charge in [-0.1, -0.05) is 36.4 Å². The van der Waals surface area contributed by atoms with Crippen LogP contribution in [-0.4, -0.2) is 26.7 Å². The summed E-state index contributed by atoms with van der Waals surface area (Å²) in [5, 5.41) is 5.17. The molecule has 0 bridgehead atoms. The third-order valence-corrected chi connectivity index (χ3v) is 6.52. The first-order chi connectivity index (χ1) is 18.4. The molecule has 7 nitrogen and oxygen atoms in total. The minimum atomic E-state index is -0.404. The average Bonchev–Trinajstić information content (AvgIpc) is 2.93. The molecule has 38 heavy (non-hydrogen) atoms. The molecule has 5 rings (SSSR count). The molecule has 0 aliphatic heterocycles. The zero-order valence-corrected chi connectivity index (χ0v) is 21.6. The van der Waals surface area contributed by atoms with E-state index in [1.54, 1.807) is 31.4 Å². The van der Waals surface area contributed by atoms with Crippen LogP contribution in [0.3, 0.4) is 0 Å². The Labute approximate surface area is 219 Å². The van der Waals surface area contributed by atoms with Crippen molar-refractivity contribution in [3.05, 3.63) is 94.1 Å². The summed E-state index contributed by atoms with van der Waals surface area (Å²) in [7, 11) is 3.07. The van der Waals surface area contributed by atoms with Gasteiger partial charge in [0.2, 0.25) is 11.2 Å². The fraction of sp³-hybridized carbons (Fsp3) is 0.161. The van der Waals surface area contributed by atoms with Crippen LogP contribution in [0.1, 0.15) is 11.1 Å². The van der Waals surface area contributed by atoms with Crippen LogP contribution in [0, 0.1) is 13.8 Å². The summed E-state index contributed by atoms with van der Waals surface area (Å²) >= 11 is 0. The summed E-state index contributed by atoms with van der Waals surface area (Å²) in [6.07, 6.45) is 0. The maximum absolute atomic E-state index is 13.6. The van der Waals surface area contributed by atoms with Gasteiger partial charge in [-0.25, -0.2) is 0 Å². The Hall–Kier alpha value is -4.78. The normalized spacial score (nSPS) is 10.9. The number of hydrogen-bond donors (Lipinski definition) is 1. The Morgan fingerprint density at radius 3 is 2.37 bits per heavy atom. The summed E-state index contributed by atoms with van der Waals surface area (Å²) in [5.41, 5.74) is 3.20. The van der Waals surface area contributed by atoms with Gasteiger partial charge in [-0.2, -0.15) is 0 Å². The molecule has 0 fully saturated rings. The van der Waals surface area contributed by atoms with Crippen LogP contribution < -0.4 is 25.0 Å². The fourth-order valence-corrected chi connectivity index (χ4v) is 4.39. The number of carbonyl (C=O) groups excluding carboxylic acids is 1. The van der Waals surface area contributed by atoms with E-state index >= 15 is 0 Å². The predicted molar refractivity (Wildman–Crippen MR) is 149 cm³/mol. The van der Waals surface area contributed by atoms with Gasteiger partial charge in [0.25, 0.3) is 5.91 Å². The molecule has 1 heterocycles. The molecular weight excluding hydrogens is 482 g/mol. The summed E-state index contributed by atoms with van der Waals surface area (Å²) in [5.74, 6) is 0.736. The molecular formula is C31H27NO6. The Bertz CT molecular complexity index is 1730. The molecule has 0 atom stereocenters. The highest BCUT2D eigenvalue weighted by atomic mass is 16.5. The van der Waals surface area contributed by atoms with Crippen molar-refractivity contribution in [2.75, 3.05) is 26.1 Å². The highest BCUT2D eigenvalue weighted by Crippen LogP contribution is 2.37. The van der Waals surface area contributed by atoms with E-state index in [4.69, 9.17) is 18.6 Å². The van der Waals surface area contributed by atoms with Crippen LogP contribution in [0.15, 0.2) is 82.0 Å². The lowest BCUT2D eigenvalue weighted by Gasteiger charge is -2.14. The first kappa shape index (κ1) is 24.9. The van der Waals surface area contributed by atoms with Crippen LogP contribution in [0.25, 0.3) is 33.1 Å². The molecule has 0 aliphatic carbocycles. The Morgan fingerprint density at radius 2 is 1.58 bits per heavy atom. The standard InChI is InChI=1S/C31H27NO6/c1-18-14-23-26(15-19(18)2)38-30(21-12-13-25(35-3)27(16-21)36-4)31(29(23)34)37-17-28(33)32-24-11-7-9-20-8-5-6-10-22(20)24/h5-16H,17H2,1-4H3,(H,32,33). The third kappa shape index (κ3) is 4.66. The van der Waals surface area contributed by atoms with Gasteiger partial charge >= 0.3 is 0 Å². The van der Waals surface area contributed by atoms with Gasteiger partial charge in [0.05, 0.1) is 19.6 Å². The molecule has 4 aromatic carbocycles. The van der Waals surface area contributed by atoms with Gasteiger partial charge < -0.3 is 23.9 Å². The molecule has 0 spiro atoms. The maximum Gasteiger partial charge on any atom is 0.262 e. The SMILES string of the molecule is COc1ccc(-c2oc3cc(C)c(C)cc3c(=O)c2OCC(=O)Nc2cccc3ccccc23)cc1OC. The number of carbonyl (C=O) groups is 1. The van der Waals surface area contributed by atoms with Gasteiger partial charge in [-0.3, -0.25) is 9.59 Å². The summed E-state index contributed by atoms with van der Waals surface area (Å²) < 4.78 is 22.9. The number of benzene rings is 4. The van der Waals surface area contributed by atoms with Crippen molar-refractivity contribution in [1.82, 2.24) is 0 Å². The molecule has 0 aliphatic rings. The van der Waals surface area contributed by atoms with Crippen LogP contribution in [0.4, 0.5) is 5.69 Å². The minimum absolute atomic E-state index is 0.0546. The Morgan fingerprint density at radius 1 is 0.842 bits per heavy atom. The second kappa shape index (κ2) is 10.3. The van der Waals surface area contributed by atoms with E-state index in [2.05, 4.69) is 5.32 Å². The molecule has 0 saturated carbocycles. The van der Waals surface area contributed by atoms with Gasteiger partial charge in [0.15, 0.2) is 23.9 Å². The number of hydrogen-bond acceptors (Lipinski definition) is 6. The highest BCUT2D eigenvalue weighted by Gasteiger charge is 2.21. The average molecular weight is 510 g/mol. The number of anilines is 1. The van der Waals surface area contributed by atoms with E-state index in [0.717, 1.165) is 21.9 Å². The topological polar surface area (TPSA) is 87.0 Å². The van der Waals surface area contributed by atoms with Crippen molar-refractivity contribution in [2.45, 2.75) is 13.8 Å². The minimum Gasteiger partial charge on any atom is -0.493 e. The van der Waals surface area contributed by atoms with E-state index in [0.29, 0.717) is 33.7 Å². The molecule has 5 aromatic rings. The van der Waals surface area contributed by atoms with Gasteiger partial charge in [0.1, 0.15) is 5.58 Å². The van der Waals surface area contributed by atoms with Gasteiger partial charge in [-0.05, 0) is 66.8 Å². The Kier molecular flexibility index (Phi) is 6.75. The van der Waals surface area contributed by atoms with Crippen LogP contribution >= 0.6 is 0 Å². The molecule has 1 amide bonds. The van der Waals surface area contributed by atoms with Crippen molar-refractivity contribution in [3.63, 3.8) is 0 Å². The summed E-state index contributed by atoms with van der Waals surface area (Å²) in [6.45, 7) is 3.49. The molecule has 1 N–H and O–H groups in total. The number of methoxy groups -OCH3 is 2. The zero-order valence-electron chi connectivity index (χ0n) is 21.6. The molecule has 0 radical (unpaired) electrons. The number of fused-ring (bicyclic) bond motifs is 2. The summed E-state index contributed by atoms with van der Waals surface area (Å²) in [6, 6.07) is 22.2. The smallest absolute Gasteiger partial charge is 0.262 e. The van der Waals surface area contributed by atoms with E-state index < -0.39 is 5.91 Å². The van der Waals surface area contributed by atoms with Crippen LogP contribution in [-0.2, 0) is 4.79 Å². The monoisotopic (exact) mass is 509 g/mol. The van der Waals surface area contributed by atoms with Crippen molar-refractivity contribution in [1.29, 1.82) is 0 Å². The Balaban J connectivity index is 1.54. The lowest BCUT2D eigenvalue weighted by Crippen LogP contribution is -2.22. The van der Waals surface area contributed by atoms with E-state index in [1.165, 1.54) is 7.11 Å². The molecule has 7 heteroatoms. The van der Waals surface area contributed by atoms with Gasteiger partial charge in [-0.15, -0.1) is 0 Å². The van der Waals surface area contributed by atoms with Crippen molar-refractivity contribution >= 4 is 33.3 Å². The molecule has 1 aromatic heterocycles. The largest absolute Gasteiger partial charge is 0.493 e. The first-order valence-corrected chi connectivity index (χ1v) is 12.1. The number of amides is 1. The van der Waals surface area contributed by atoms with E-state index in [9.17, 15) is 9.59 Å². The van der Waals surface area contributed by atoms with Crippen molar-refractivity contribution in [2.24, 2.45) is 0 Å². The second-order valence-electron chi connectivity index (χ2n) is 8.96. The number of rotatable bonds is 7.